The van der Waals surface area contributed by atoms with Crippen LogP contribution in [0.5, 0.6) is 6.01 Å². The van der Waals surface area contributed by atoms with E-state index in [4.69, 9.17) is 10.5 Å². The Hall–Kier alpha value is -1.74. The highest BCUT2D eigenvalue weighted by Gasteiger charge is 2.03. The van der Waals surface area contributed by atoms with Crippen LogP contribution in [0.2, 0.25) is 0 Å². The molecule has 0 fully saturated rings. The summed E-state index contributed by atoms with van der Waals surface area (Å²) in [6.45, 7) is 0.466. The molecule has 0 amide bonds. The highest BCUT2D eigenvalue weighted by Crippen LogP contribution is 2.10. The largest absolute Gasteiger partial charge is 0.463 e. The summed E-state index contributed by atoms with van der Waals surface area (Å²) in [6.07, 6.45) is 2.74. The van der Waals surface area contributed by atoms with Crippen molar-refractivity contribution in [1.29, 1.82) is 0 Å². The molecular formula is C13H15FN3OP. The fraction of sp³-hybridized carbons (Fsp3) is 0.231. The minimum Gasteiger partial charge on any atom is -0.463 e. The summed E-state index contributed by atoms with van der Waals surface area (Å²) in [5.41, 5.74) is 6.57. The molecule has 19 heavy (non-hydrogen) atoms. The normalized spacial score (nSPS) is 10.4. The summed E-state index contributed by atoms with van der Waals surface area (Å²) in [6, 6.07) is 8.36. The van der Waals surface area contributed by atoms with Gasteiger partial charge in [-0.05, 0) is 23.7 Å². The maximum absolute atomic E-state index is 12.8. The molecule has 0 saturated heterocycles. The van der Waals surface area contributed by atoms with Crippen LogP contribution in [0, 0.1) is 5.82 Å². The first-order valence-electron chi connectivity index (χ1n) is 5.90. The molecule has 2 N–H and O–H groups in total. The fourth-order valence-electron chi connectivity index (χ4n) is 1.56. The summed E-state index contributed by atoms with van der Waals surface area (Å²) < 4.78 is 18.1. The zero-order chi connectivity index (χ0) is 13.7. The maximum atomic E-state index is 12.8. The van der Waals surface area contributed by atoms with E-state index in [0.717, 1.165) is 24.3 Å². The van der Waals surface area contributed by atoms with Crippen LogP contribution in [-0.2, 0) is 6.42 Å². The Morgan fingerprint density at radius 3 is 2.68 bits per heavy atom. The number of rotatable bonds is 5. The second kappa shape index (κ2) is 6.43. The van der Waals surface area contributed by atoms with Crippen molar-refractivity contribution < 1.29 is 9.13 Å². The Bertz CT molecular complexity index is 548. The summed E-state index contributed by atoms with van der Waals surface area (Å²) in [4.78, 5) is 7.40. The van der Waals surface area contributed by atoms with Crippen LogP contribution in [0.25, 0.3) is 0 Å². The van der Waals surface area contributed by atoms with Crippen LogP contribution in [0.15, 0.2) is 30.5 Å². The van der Waals surface area contributed by atoms with Crippen LogP contribution >= 0.6 is 9.24 Å². The average Bonchev–Trinajstić information content (AvgIpc) is 2.41. The lowest BCUT2D eigenvalue weighted by molar-refractivity contribution is 0.286. The number of benzene rings is 1. The van der Waals surface area contributed by atoms with Gasteiger partial charge in [0.2, 0.25) is 0 Å². The number of hydrogen-bond donors (Lipinski definition) is 1. The average molecular weight is 279 g/mol. The van der Waals surface area contributed by atoms with Crippen molar-refractivity contribution in [1.82, 2.24) is 9.97 Å². The smallest absolute Gasteiger partial charge is 0.318 e. The van der Waals surface area contributed by atoms with Crippen LogP contribution < -0.4 is 15.8 Å². The first-order valence-corrected chi connectivity index (χ1v) is 6.48. The van der Waals surface area contributed by atoms with E-state index in [1.165, 1.54) is 5.56 Å². The van der Waals surface area contributed by atoms with Gasteiger partial charge in [0.05, 0.1) is 12.8 Å². The summed E-state index contributed by atoms with van der Waals surface area (Å²) in [7, 11) is 2.65. The van der Waals surface area contributed by atoms with Crippen molar-refractivity contribution >= 4 is 20.4 Å². The molecule has 1 unspecified atom stereocenters. The molecule has 0 bridgehead atoms. The van der Waals surface area contributed by atoms with E-state index in [1.807, 2.05) is 12.1 Å². The maximum Gasteiger partial charge on any atom is 0.318 e. The lowest BCUT2D eigenvalue weighted by Crippen LogP contribution is -2.05. The molecular weight excluding hydrogens is 264 g/mol. The number of nitrogens with zero attached hydrogens (tertiary/aromatic N) is 2. The molecule has 4 nitrogen and oxygen atoms in total. The molecule has 6 heteroatoms. The Morgan fingerprint density at radius 2 is 2.00 bits per heavy atom. The minimum absolute atomic E-state index is 0.110. The van der Waals surface area contributed by atoms with Gasteiger partial charge in [-0.2, -0.15) is 4.98 Å². The third kappa shape index (κ3) is 4.14. The van der Waals surface area contributed by atoms with Gasteiger partial charge in [-0.25, -0.2) is 9.37 Å². The van der Waals surface area contributed by atoms with Gasteiger partial charge in [-0.15, -0.1) is 9.24 Å². The first-order chi connectivity index (χ1) is 9.15. The van der Waals surface area contributed by atoms with E-state index >= 15 is 0 Å². The molecule has 0 aliphatic heterocycles. The third-order valence-electron chi connectivity index (χ3n) is 2.57. The lowest BCUT2D eigenvalue weighted by Gasteiger charge is -2.05. The molecule has 2 rings (SSSR count). The van der Waals surface area contributed by atoms with Gasteiger partial charge in [0.1, 0.15) is 0 Å². The van der Waals surface area contributed by atoms with E-state index in [2.05, 4.69) is 31.3 Å². The molecule has 0 aliphatic rings. The predicted octanol–water partition coefficient (Wildman–Crippen LogP) is 1.71. The quantitative estimate of drug-likeness (QED) is 0.668. The highest BCUT2D eigenvalue weighted by molar-refractivity contribution is 7.27. The van der Waals surface area contributed by atoms with E-state index in [9.17, 15) is 4.39 Å². The first kappa shape index (κ1) is 13.7. The number of halogens is 1. The van der Waals surface area contributed by atoms with Crippen molar-refractivity contribution in [2.45, 2.75) is 12.8 Å². The number of nitrogen functional groups attached to an aromatic ring is 1. The second-order valence-electron chi connectivity index (χ2n) is 4.08. The standard InChI is InChI=1S/C13H15FN3OP/c14-11-8-16-13(17-12(11)15)18-7-1-2-9-3-5-10(19)6-4-9/h3-6,8H,1-2,7,19H2,(H2,15,16,17). The van der Waals surface area contributed by atoms with E-state index in [1.54, 1.807) is 0 Å². The van der Waals surface area contributed by atoms with Gasteiger partial charge >= 0.3 is 6.01 Å². The second-order valence-corrected chi connectivity index (χ2v) is 4.75. The number of aryl methyl sites for hydroxylation is 1. The van der Waals surface area contributed by atoms with Crippen LogP contribution in [0.3, 0.4) is 0 Å². The van der Waals surface area contributed by atoms with Gasteiger partial charge < -0.3 is 10.5 Å². The molecule has 100 valence electrons. The Balaban J connectivity index is 1.77. The molecule has 1 aromatic carbocycles. The highest BCUT2D eigenvalue weighted by atomic mass is 31.0. The Labute approximate surface area is 113 Å². The molecule has 2 aromatic rings. The van der Waals surface area contributed by atoms with Crippen molar-refractivity contribution in [3.8, 4) is 6.01 Å². The molecule has 1 atom stereocenters. The molecule has 0 saturated carbocycles. The van der Waals surface area contributed by atoms with Crippen LogP contribution in [0.4, 0.5) is 10.2 Å². The van der Waals surface area contributed by atoms with E-state index < -0.39 is 5.82 Å². The van der Waals surface area contributed by atoms with Gasteiger partial charge in [0, 0.05) is 0 Å². The SMILES string of the molecule is Nc1nc(OCCCc2ccc(P)cc2)ncc1F. The molecule has 1 aromatic heterocycles. The van der Waals surface area contributed by atoms with Crippen LogP contribution in [0.1, 0.15) is 12.0 Å². The van der Waals surface area contributed by atoms with Crippen molar-refractivity contribution in [3.63, 3.8) is 0 Å². The predicted molar refractivity (Wildman–Crippen MR) is 76.0 cm³/mol. The van der Waals surface area contributed by atoms with Crippen LogP contribution in [-0.4, -0.2) is 16.6 Å². The molecule has 0 spiro atoms. The van der Waals surface area contributed by atoms with Gasteiger partial charge in [-0.1, -0.05) is 24.3 Å². The van der Waals surface area contributed by atoms with E-state index in [-0.39, 0.29) is 11.8 Å². The number of nitrogens with two attached hydrogens (primary N) is 1. The van der Waals surface area contributed by atoms with Gasteiger partial charge in [0.15, 0.2) is 11.6 Å². The summed E-state index contributed by atoms with van der Waals surface area (Å²) >= 11 is 0. The van der Waals surface area contributed by atoms with Crippen molar-refractivity contribution in [2.75, 3.05) is 12.3 Å². The molecule has 1 heterocycles. The van der Waals surface area contributed by atoms with E-state index in [0.29, 0.717) is 6.61 Å². The Kier molecular flexibility index (Phi) is 4.63. The zero-order valence-electron chi connectivity index (χ0n) is 10.3. The third-order valence-corrected chi connectivity index (χ3v) is 2.95. The number of ether oxygens (including phenoxy) is 1. The van der Waals surface area contributed by atoms with Crippen molar-refractivity contribution in [3.05, 3.63) is 41.8 Å². The summed E-state index contributed by atoms with van der Waals surface area (Å²) in [5.74, 6) is -0.828. The lowest BCUT2D eigenvalue weighted by atomic mass is 10.1. The molecule has 0 aliphatic carbocycles. The molecule has 0 radical (unpaired) electrons. The van der Waals surface area contributed by atoms with Gasteiger partial charge in [-0.3, -0.25) is 0 Å². The zero-order valence-corrected chi connectivity index (χ0v) is 11.5. The van der Waals surface area contributed by atoms with Crippen molar-refractivity contribution in [2.24, 2.45) is 0 Å². The number of hydrogen-bond acceptors (Lipinski definition) is 4. The minimum atomic E-state index is -0.634. The number of aromatic nitrogens is 2. The topological polar surface area (TPSA) is 61.0 Å². The Morgan fingerprint density at radius 1 is 1.26 bits per heavy atom. The number of anilines is 1. The summed E-state index contributed by atoms with van der Waals surface area (Å²) in [5, 5.41) is 1.16. The monoisotopic (exact) mass is 279 g/mol. The fourth-order valence-corrected chi connectivity index (χ4v) is 1.75. The van der Waals surface area contributed by atoms with Gasteiger partial charge in [0.25, 0.3) is 0 Å².